The van der Waals surface area contributed by atoms with Gasteiger partial charge in [-0.1, -0.05) is 43.5 Å². The van der Waals surface area contributed by atoms with Gasteiger partial charge in [0.25, 0.3) is 10.2 Å². The van der Waals surface area contributed by atoms with Crippen LogP contribution in [0.2, 0.25) is 0 Å². The molecule has 0 aromatic heterocycles. The van der Waals surface area contributed by atoms with Gasteiger partial charge < -0.3 is 5.32 Å². The fourth-order valence-electron chi connectivity index (χ4n) is 4.84. The van der Waals surface area contributed by atoms with Crippen molar-refractivity contribution in [3.8, 4) is 0 Å². The van der Waals surface area contributed by atoms with Crippen LogP contribution < -0.4 is 10.0 Å². The van der Waals surface area contributed by atoms with Crippen LogP contribution in [-0.2, 0) is 16.6 Å². The molecule has 0 radical (unpaired) electrons. The molecule has 0 amide bonds. The highest BCUT2D eigenvalue weighted by atomic mass is 32.2. The Hall–Kier alpha value is -0.950. The lowest BCUT2D eigenvalue weighted by Gasteiger charge is -2.40. The normalized spacial score (nSPS) is 30.5. The number of hydrogen-bond donors (Lipinski definition) is 2. The van der Waals surface area contributed by atoms with Gasteiger partial charge in [0.1, 0.15) is 0 Å². The lowest BCUT2D eigenvalue weighted by Crippen LogP contribution is -2.50. The van der Waals surface area contributed by atoms with Gasteiger partial charge >= 0.3 is 0 Å². The van der Waals surface area contributed by atoms with Crippen LogP contribution >= 0.6 is 0 Å². The van der Waals surface area contributed by atoms with E-state index in [1.165, 1.54) is 36.8 Å². The molecule has 25 heavy (non-hydrogen) atoms. The van der Waals surface area contributed by atoms with Gasteiger partial charge in [-0.15, -0.1) is 0 Å². The first-order chi connectivity index (χ1) is 12.1. The smallest absolute Gasteiger partial charge is 0.279 e. The molecule has 2 fully saturated rings. The Labute approximate surface area is 151 Å². The number of nitrogens with one attached hydrogen (secondary N) is 2. The maximum Gasteiger partial charge on any atom is 0.279 e. The van der Waals surface area contributed by atoms with Crippen molar-refractivity contribution in [3.63, 3.8) is 0 Å². The molecule has 3 atom stereocenters. The predicted molar refractivity (Wildman–Crippen MR) is 99.5 cm³/mol. The molecular formula is C19H29N3O2S. The van der Waals surface area contributed by atoms with Crippen LogP contribution in [0.4, 0.5) is 0 Å². The highest BCUT2D eigenvalue weighted by molar-refractivity contribution is 7.87. The third kappa shape index (κ3) is 3.77. The number of hydrogen-bond acceptors (Lipinski definition) is 3. The van der Waals surface area contributed by atoms with Crippen molar-refractivity contribution in [1.82, 2.24) is 14.3 Å². The molecule has 1 aromatic rings. The molecule has 138 valence electrons. The molecule has 6 heteroatoms. The van der Waals surface area contributed by atoms with Crippen molar-refractivity contribution in [2.45, 2.75) is 44.6 Å². The number of piperidine rings is 1. The molecule has 4 rings (SSSR count). The van der Waals surface area contributed by atoms with E-state index in [2.05, 4.69) is 28.2 Å². The van der Waals surface area contributed by atoms with Crippen molar-refractivity contribution in [3.05, 3.63) is 35.4 Å². The fourth-order valence-corrected chi connectivity index (χ4v) is 6.13. The van der Waals surface area contributed by atoms with E-state index in [9.17, 15) is 8.42 Å². The molecule has 5 nitrogen and oxygen atoms in total. The largest absolute Gasteiger partial charge is 0.308 e. The highest BCUT2D eigenvalue weighted by Crippen LogP contribution is 2.36. The molecule has 1 aliphatic carbocycles. The molecule has 3 unspecified atom stereocenters. The molecule has 3 aliphatic rings. The number of fused-ring (bicyclic) bond motifs is 2. The monoisotopic (exact) mass is 363 g/mol. The molecule has 1 saturated carbocycles. The first-order valence-electron chi connectivity index (χ1n) is 9.69. The van der Waals surface area contributed by atoms with Gasteiger partial charge in [0, 0.05) is 25.7 Å². The summed E-state index contributed by atoms with van der Waals surface area (Å²) in [6.45, 7) is 2.70. The second-order valence-electron chi connectivity index (χ2n) is 7.76. The highest BCUT2D eigenvalue weighted by Gasteiger charge is 2.36. The van der Waals surface area contributed by atoms with Crippen LogP contribution in [0, 0.1) is 11.8 Å². The summed E-state index contributed by atoms with van der Waals surface area (Å²) >= 11 is 0. The van der Waals surface area contributed by atoms with Gasteiger partial charge in [0.15, 0.2) is 0 Å². The Morgan fingerprint density at radius 3 is 2.80 bits per heavy atom. The molecule has 2 N–H and O–H groups in total. The third-order valence-electron chi connectivity index (χ3n) is 6.28. The summed E-state index contributed by atoms with van der Waals surface area (Å²) in [6.07, 6.45) is 7.08. The maximum atomic E-state index is 12.8. The molecule has 0 bridgehead atoms. The van der Waals surface area contributed by atoms with Gasteiger partial charge in [-0.05, 0) is 48.8 Å². The van der Waals surface area contributed by atoms with Crippen LogP contribution in [-0.4, -0.2) is 38.9 Å². The van der Waals surface area contributed by atoms with E-state index in [1.807, 2.05) is 6.07 Å². The predicted octanol–water partition coefficient (Wildman–Crippen LogP) is 2.22. The average molecular weight is 364 g/mol. The third-order valence-corrected chi connectivity index (χ3v) is 7.82. The van der Waals surface area contributed by atoms with E-state index in [0.29, 0.717) is 25.6 Å². The van der Waals surface area contributed by atoms with E-state index >= 15 is 0 Å². The fraction of sp³-hybridized carbons (Fsp3) is 0.684. The summed E-state index contributed by atoms with van der Waals surface area (Å²) in [5.74, 6) is 1.31. The van der Waals surface area contributed by atoms with E-state index in [0.717, 1.165) is 25.3 Å². The van der Waals surface area contributed by atoms with Crippen LogP contribution in [0.25, 0.3) is 0 Å². The average Bonchev–Trinajstić information content (AvgIpc) is 2.66. The summed E-state index contributed by atoms with van der Waals surface area (Å²) in [5.41, 5.74) is 2.55. The summed E-state index contributed by atoms with van der Waals surface area (Å²) in [7, 11) is -3.39. The van der Waals surface area contributed by atoms with Crippen molar-refractivity contribution < 1.29 is 8.42 Å². The van der Waals surface area contributed by atoms with Crippen molar-refractivity contribution in [2.75, 3.05) is 26.2 Å². The molecule has 1 aromatic carbocycles. The minimum atomic E-state index is -3.39. The quantitative estimate of drug-likeness (QED) is 0.862. The van der Waals surface area contributed by atoms with Crippen molar-refractivity contribution in [2.24, 2.45) is 11.8 Å². The summed E-state index contributed by atoms with van der Waals surface area (Å²) < 4.78 is 30.2. The van der Waals surface area contributed by atoms with E-state index in [1.54, 1.807) is 4.31 Å². The standard InChI is InChI=1S/C19H29N3O2S/c23-25(24,22-12-10-15-5-1-2-7-17(15)14-22)21-13-19-18-8-4-3-6-16(18)9-11-20-19/h3-4,6,8,15,17,19-21H,1-2,5,7,9-14H2. The van der Waals surface area contributed by atoms with Gasteiger partial charge in [0.05, 0.1) is 0 Å². The Balaban J connectivity index is 1.39. The second kappa shape index (κ2) is 7.35. The van der Waals surface area contributed by atoms with Gasteiger partial charge in [-0.3, -0.25) is 0 Å². The first-order valence-corrected chi connectivity index (χ1v) is 11.1. The summed E-state index contributed by atoms with van der Waals surface area (Å²) in [6, 6.07) is 8.40. The lowest BCUT2D eigenvalue weighted by atomic mass is 9.76. The number of rotatable bonds is 4. The molecule has 0 spiro atoms. The van der Waals surface area contributed by atoms with Gasteiger partial charge in [-0.25, -0.2) is 4.72 Å². The van der Waals surface area contributed by atoms with Crippen molar-refractivity contribution in [1.29, 1.82) is 0 Å². The van der Waals surface area contributed by atoms with Crippen LogP contribution in [0.3, 0.4) is 0 Å². The Morgan fingerprint density at radius 2 is 1.92 bits per heavy atom. The zero-order chi connectivity index (χ0) is 17.3. The summed E-state index contributed by atoms with van der Waals surface area (Å²) in [5, 5.41) is 3.45. The minimum absolute atomic E-state index is 0.0620. The Bertz CT molecular complexity index is 706. The SMILES string of the molecule is O=S(=O)(NCC1NCCc2ccccc21)N1CCC2CCCCC2C1. The topological polar surface area (TPSA) is 61.4 Å². The van der Waals surface area contributed by atoms with Gasteiger partial charge in [-0.2, -0.15) is 12.7 Å². The second-order valence-corrected chi connectivity index (χ2v) is 9.52. The van der Waals surface area contributed by atoms with E-state index in [4.69, 9.17) is 0 Å². The summed E-state index contributed by atoms with van der Waals surface area (Å²) in [4.78, 5) is 0. The molecular weight excluding hydrogens is 334 g/mol. The maximum absolute atomic E-state index is 12.8. The molecule has 2 heterocycles. The molecule has 2 aliphatic heterocycles. The van der Waals surface area contributed by atoms with Crippen LogP contribution in [0.1, 0.15) is 49.3 Å². The van der Waals surface area contributed by atoms with Crippen LogP contribution in [0.5, 0.6) is 0 Å². The molecule has 1 saturated heterocycles. The van der Waals surface area contributed by atoms with Gasteiger partial charge in [0.2, 0.25) is 0 Å². The van der Waals surface area contributed by atoms with E-state index < -0.39 is 10.2 Å². The minimum Gasteiger partial charge on any atom is -0.308 e. The number of benzene rings is 1. The number of nitrogens with zero attached hydrogens (tertiary/aromatic N) is 1. The van der Waals surface area contributed by atoms with E-state index in [-0.39, 0.29) is 6.04 Å². The Morgan fingerprint density at radius 1 is 1.12 bits per heavy atom. The lowest BCUT2D eigenvalue weighted by molar-refractivity contribution is 0.135. The first kappa shape index (κ1) is 17.5. The zero-order valence-corrected chi connectivity index (χ0v) is 15.6. The Kier molecular flexibility index (Phi) is 5.13. The van der Waals surface area contributed by atoms with Crippen LogP contribution in [0.15, 0.2) is 24.3 Å². The van der Waals surface area contributed by atoms with Crippen molar-refractivity contribution >= 4 is 10.2 Å². The zero-order valence-electron chi connectivity index (χ0n) is 14.8.